The van der Waals surface area contributed by atoms with E-state index in [0.29, 0.717) is 5.92 Å². The number of carbonyl (C=O) groups is 1. The van der Waals surface area contributed by atoms with Crippen molar-refractivity contribution in [3.05, 3.63) is 0 Å². The van der Waals surface area contributed by atoms with Crippen molar-refractivity contribution in [2.24, 2.45) is 11.8 Å². The molecule has 0 aliphatic carbocycles. The minimum absolute atomic E-state index is 0.00981. The van der Waals surface area contributed by atoms with Gasteiger partial charge in [-0.3, -0.25) is 4.79 Å². The second-order valence-corrected chi connectivity index (χ2v) is 4.76. The van der Waals surface area contributed by atoms with E-state index in [9.17, 15) is 4.79 Å². The normalized spacial score (nSPS) is 33.2. The average molecular weight is 197 g/mol. The Balaban J connectivity index is 1.86. The molecule has 2 heterocycles. The topological polar surface area (TPSA) is 29.5 Å². The van der Waals surface area contributed by atoms with Crippen LogP contribution in [0.2, 0.25) is 0 Å². The van der Waals surface area contributed by atoms with Crippen LogP contribution in [0.5, 0.6) is 0 Å². The highest BCUT2D eigenvalue weighted by molar-refractivity contribution is 5.78. The van der Waals surface area contributed by atoms with Crippen LogP contribution in [-0.2, 0) is 9.53 Å². The Bertz CT molecular complexity index is 221. The third-order valence-corrected chi connectivity index (χ3v) is 3.26. The van der Waals surface area contributed by atoms with Gasteiger partial charge in [-0.05, 0) is 31.8 Å². The summed E-state index contributed by atoms with van der Waals surface area (Å²) in [5.41, 5.74) is 0. The molecule has 0 N–H and O–H groups in total. The summed E-state index contributed by atoms with van der Waals surface area (Å²) in [4.78, 5) is 13.7. The lowest BCUT2D eigenvalue weighted by molar-refractivity contribution is -0.191. The van der Waals surface area contributed by atoms with Gasteiger partial charge in [0.1, 0.15) is 12.0 Å². The van der Waals surface area contributed by atoms with Crippen molar-refractivity contribution in [2.45, 2.75) is 32.8 Å². The maximum absolute atomic E-state index is 11.3. The number of esters is 1. The lowest BCUT2D eigenvalue weighted by Gasteiger charge is -2.39. The van der Waals surface area contributed by atoms with Gasteiger partial charge in [0.2, 0.25) is 0 Å². The largest absolute Gasteiger partial charge is 0.461 e. The molecule has 80 valence electrons. The summed E-state index contributed by atoms with van der Waals surface area (Å²) in [6.45, 7) is 7.48. The molecular formula is C11H19NO2. The average Bonchev–Trinajstić information content (AvgIpc) is 2.62. The highest BCUT2D eigenvalue weighted by atomic mass is 16.6. The smallest absolute Gasteiger partial charge is 0.314 e. The van der Waals surface area contributed by atoms with Crippen LogP contribution < -0.4 is 0 Å². The van der Waals surface area contributed by atoms with Gasteiger partial charge in [-0.15, -0.1) is 0 Å². The minimum Gasteiger partial charge on any atom is -0.461 e. The van der Waals surface area contributed by atoms with Crippen LogP contribution in [0.3, 0.4) is 0 Å². The van der Waals surface area contributed by atoms with Gasteiger partial charge in [0.25, 0.3) is 0 Å². The molecule has 0 aromatic rings. The molecule has 2 atom stereocenters. The zero-order valence-corrected chi connectivity index (χ0v) is 9.03. The van der Waals surface area contributed by atoms with E-state index in [4.69, 9.17) is 4.74 Å². The first-order chi connectivity index (χ1) is 6.68. The molecule has 0 bridgehead atoms. The Morgan fingerprint density at radius 2 is 2.07 bits per heavy atom. The van der Waals surface area contributed by atoms with Crippen LogP contribution in [0.1, 0.15) is 26.7 Å². The summed E-state index contributed by atoms with van der Waals surface area (Å²) < 4.78 is 5.16. The molecule has 0 unspecified atom stereocenters. The molecule has 0 saturated carbocycles. The van der Waals surface area contributed by atoms with Crippen molar-refractivity contribution in [1.82, 2.24) is 4.90 Å². The summed E-state index contributed by atoms with van der Waals surface area (Å²) in [5.74, 6) is 0.615. The second-order valence-electron chi connectivity index (χ2n) is 4.76. The molecule has 2 aliphatic rings. The Hall–Kier alpha value is -0.570. The second kappa shape index (κ2) is 3.89. The lowest BCUT2D eigenvalue weighted by Crippen LogP contribution is -2.52. The molecule has 0 aromatic carbocycles. The fourth-order valence-electron chi connectivity index (χ4n) is 2.39. The van der Waals surface area contributed by atoms with Crippen LogP contribution in [0.4, 0.5) is 0 Å². The Morgan fingerprint density at radius 1 is 1.43 bits per heavy atom. The molecule has 3 heteroatoms. The van der Waals surface area contributed by atoms with Gasteiger partial charge in [-0.2, -0.15) is 0 Å². The molecule has 0 amide bonds. The summed E-state index contributed by atoms with van der Waals surface area (Å²) >= 11 is 0. The van der Waals surface area contributed by atoms with Crippen LogP contribution in [-0.4, -0.2) is 36.6 Å². The van der Waals surface area contributed by atoms with Crippen molar-refractivity contribution < 1.29 is 9.53 Å². The number of cyclic esters (lactones) is 1. The van der Waals surface area contributed by atoms with Crippen molar-refractivity contribution in [1.29, 1.82) is 0 Å². The zero-order chi connectivity index (χ0) is 10.1. The van der Waals surface area contributed by atoms with Crippen molar-refractivity contribution in [2.75, 3.05) is 19.6 Å². The Labute approximate surface area is 85.4 Å². The molecule has 2 rings (SSSR count). The number of hydrogen-bond donors (Lipinski definition) is 0. The third kappa shape index (κ3) is 1.78. The van der Waals surface area contributed by atoms with Gasteiger partial charge in [0, 0.05) is 6.54 Å². The molecule has 14 heavy (non-hydrogen) atoms. The molecule has 0 radical (unpaired) electrons. The molecule has 2 aliphatic heterocycles. The maximum Gasteiger partial charge on any atom is 0.314 e. The fraction of sp³-hybridized carbons (Fsp3) is 0.909. The van der Waals surface area contributed by atoms with Crippen molar-refractivity contribution in [3.8, 4) is 0 Å². The van der Waals surface area contributed by atoms with E-state index in [0.717, 1.165) is 19.6 Å². The predicted molar refractivity (Wildman–Crippen MR) is 53.9 cm³/mol. The maximum atomic E-state index is 11.3. The van der Waals surface area contributed by atoms with E-state index in [-0.39, 0.29) is 18.0 Å². The highest BCUT2D eigenvalue weighted by Gasteiger charge is 2.44. The molecule has 0 spiro atoms. The van der Waals surface area contributed by atoms with Gasteiger partial charge < -0.3 is 9.64 Å². The van der Waals surface area contributed by atoms with Crippen molar-refractivity contribution in [3.63, 3.8) is 0 Å². The van der Waals surface area contributed by atoms with E-state index >= 15 is 0 Å². The monoisotopic (exact) mass is 197 g/mol. The standard InChI is InChI=1S/C11H19NO2/c1-8(2)10-9(11(13)14-10)7-12-5-3-4-6-12/h8-10H,3-7H2,1-2H3/t9-,10-/m0/s1. The van der Waals surface area contributed by atoms with Gasteiger partial charge >= 0.3 is 5.97 Å². The summed E-state index contributed by atoms with van der Waals surface area (Å²) in [7, 11) is 0. The molecular weight excluding hydrogens is 178 g/mol. The third-order valence-electron chi connectivity index (χ3n) is 3.26. The fourth-order valence-corrected chi connectivity index (χ4v) is 2.39. The SMILES string of the molecule is CC(C)[C@@H]1OC(=O)[C@H]1CN1CCCC1. The van der Waals surface area contributed by atoms with Gasteiger partial charge in [0.15, 0.2) is 0 Å². The van der Waals surface area contributed by atoms with E-state index in [2.05, 4.69) is 18.7 Å². The van der Waals surface area contributed by atoms with E-state index < -0.39 is 0 Å². The number of carbonyl (C=O) groups excluding carboxylic acids is 1. The Morgan fingerprint density at radius 3 is 2.57 bits per heavy atom. The first-order valence-electron chi connectivity index (χ1n) is 5.61. The van der Waals surface area contributed by atoms with E-state index in [1.165, 1.54) is 12.8 Å². The van der Waals surface area contributed by atoms with Gasteiger partial charge in [-0.1, -0.05) is 13.8 Å². The number of nitrogens with zero attached hydrogens (tertiary/aromatic N) is 1. The first-order valence-corrected chi connectivity index (χ1v) is 5.61. The van der Waals surface area contributed by atoms with Gasteiger partial charge in [0.05, 0.1) is 0 Å². The number of rotatable bonds is 3. The number of likely N-dealkylation sites (tertiary alicyclic amines) is 1. The summed E-state index contributed by atoms with van der Waals surface area (Å²) in [6, 6.07) is 0. The number of ether oxygens (including phenoxy) is 1. The molecule has 2 fully saturated rings. The predicted octanol–water partition coefficient (Wildman–Crippen LogP) is 1.28. The minimum atomic E-state index is 0.00981. The number of hydrogen-bond acceptors (Lipinski definition) is 3. The van der Waals surface area contributed by atoms with Crippen LogP contribution in [0.25, 0.3) is 0 Å². The van der Waals surface area contributed by atoms with Crippen LogP contribution in [0.15, 0.2) is 0 Å². The van der Waals surface area contributed by atoms with Crippen molar-refractivity contribution >= 4 is 5.97 Å². The first kappa shape index (κ1) is 9.97. The molecule has 2 saturated heterocycles. The van der Waals surface area contributed by atoms with Crippen LogP contribution >= 0.6 is 0 Å². The molecule has 3 nitrogen and oxygen atoms in total. The van der Waals surface area contributed by atoms with Gasteiger partial charge in [-0.25, -0.2) is 0 Å². The highest BCUT2D eigenvalue weighted by Crippen LogP contribution is 2.29. The summed E-state index contributed by atoms with van der Waals surface area (Å²) in [6.07, 6.45) is 2.74. The lowest BCUT2D eigenvalue weighted by atomic mass is 9.88. The van der Waals surface area contributed by atoms with Crippen LogP contribution in [0, 0.1) is 11.8 Å². The van der Waals surface area contributed by atoms with E-state index in [1.54, 1.807) is 0 Å². The summed E-state index contributed by atoms with van der Waals surface area (Å²) in [5, 5.41) is 0. The van der Waals surface area contributed by atoms with E-state index in [1.807, 2.05) is 0 Å². The zero-order valence-electron chi connectivity index (χ0n) is 9.03. The Kier molecular flexibility index (Phi) is 2.77. The molecule has 0 aromatic heterocycles. The quantitative estimate of drug-likeness (QED) is 0.638.